The quantitative estimate of drug-likeness (QED) is 0.126. The average Bonchev–Trinajstić information content (AvgIpc) is 3.41. The maximum absolute atomic E-state index is 12.4. The number of H-pyrrole nitrogens is 1. The number of carbonyl (C=O) groups is 2. The number of anilines is 1. The molecule has 0 radical (unpaired) electrons. The predicted octanol–water partition coefficient (Wildman–Crippen LogP) is 9.44. The summed E-state index contributed by atoms with van der Waals surface area (Å²) in [6.45, 7) is 10.8. The van der Waals surface area contributed by atoms with E-state index in [9.17, 15) is 9.59 Å². The van der Waals surface area contributed by atoms with Crippen LogP contribution >= 0.6 is 23.2 Å². The summed E-state index contributed by atoms with van der Waals surface area (Å²) in [5, 5.41) is 6.91. The van der Waals surface area contributed by atoms with Gasteiger partial charge in [0.1, 0.15) is 12.1 Å². The van der Waals surface area contributed by atoms with Crippen LogP contribution in [0.2, 0.25) is 10.0 Å². The Morgan fingerprint density at radius 2 is 1.68 bits per heavy atom. The van der Waals surface area contributed by atoms with Crippen molar-refractivity contribution in [2.24, 2.45) is 5.92 Å². The van der Waals surface area contributed by atoms with E-state index in [1.165, 1.54) is 31.7 Å². The fraction of sp³-hybridized carbons (Fsp3) is 0.364. The summed E-state index contributed by atoms with van der Waals surface area (Å²) in [5.74, 6) is 1.17. The zero-order chi connectivity index (χ0) is 30.4. The van der Waals surface area contributed by atoms with Crippen LogP contribution in [0.4, 0.5) is 5.69 Å². The molecular formula is C33H42Cl2N4O2. The van der Waals surface area contributed by atoms with Gasteiger partial charge in [-0.15, -0.1) is 0 Å². The first-order valence-corrected chi connectivity index (χ1v) is 15.0. The lowest BCUT2D eigenvalue weighted by Crippen LogP contribution is -2.30. The minimum atomic E-state index is -0.290. The molecule has 0 saturated carbocycles. The van der Waals surface area contributed by atoms with E-state index in [0.717, 1.165) is 34.8 Å². The molecule has 0 aliphatic rings. The summed E-state index contributed by atoms with van der Waals surface area (Å²) in [7, 11) is 2.07. The SMILES string of the molecule is CC.CCCCCC(NC)C(C)C.O=Cc1ccc(-c2nc3ccc(NC(=O)c4ccc(Cl)c(Cl)c4)cc3[nH]2)cc1. The van der Waals surface area contributed by atoms with Gasteiger partial charge >= 0.3 is 0 Å². The van der Waals surface area contributed by atoms with Crippen molar-refractivity contribution in [3.63, 3.8) is 0 Å². The number of benzene rings is 3. The molecule has 41 heavy (non-hydrogen) atoms. The van der Waals surface area contributed by atoms with Gasteiger partial charge in [-0.3, -0.25) is 9.59 Å². The van der Waals surface area contributed by atoms with Crippen LogP contribution in [0.25, 0.3) is 22.4 Å². The number of unbranched alkanes of at least 4 members (excludes halogenated alkanes) is 2. The second-order valence-electron chi connectivity index (χ2n) is 9.78. The molecule has 1 unspecified atom stereocenters. The number of aldehydes is 1. The van der Waals surface area contributed by atoms with Crippen LogP contribution in [-0.2, 0) is 0 Å². The Morgan fingerprint density at radius 1 is 0.976 bits per heavy atom. The monoisotopic (exact) mass is 596 g/mol. The van der Waals surface area contributed by atoms with Crippen molar-refractivity contribution < 1.29 is 9.59 Å². The maximum atomic E-state index is 12.4. The van der Waals surface area contributed by atoms with Crippen molar-refractivity contribution in [3.05, 3.63) is 81.8 Å². The number of hydrogen-bond donors (Lipinski definition) is 3. The van der Waals surface area contributed by atoms with E-state index in [0.29, 0.717) is 32.7 Å². The van der Waals surface area contributed by atoms with Crippen LogP contribution in [0, 0.1) is 5.92 Å². The summed E-state index contributed by atoms with van der Waals surface area (Å²) in [6, 6.07) is 18.0. The van der Waals surface area contributed by atoms with E-state index in [4.69, 9.17) is 23.2 Å². The maximum Gasteiger partial charge on any atom is 0.255 e. The highest BCUT2D eigenvalue weighted by Gasteiger charge is 2.11. The highest BCUT2D eigenvalue weighted by molar-refractivity contribution is 6.42. The van der Waals surface area contributed by atoms with Crippen molar-refractivity contribution in [2.75, 3.05) is 12.4 Å². The van der Waals surface area contributed by atoms with Gasteiger partial charge < -0.3 is 15.6 Å². The Bertz CT molecular complexity index is 1380. The summed E-state index contributed by atoms with van der Waals surface area (Å²) in [6.07, 6.45) is 6.22. The second kappa shape index (κ2) is 17.6. The highest BCUT2D eigenvalue weighted by Crippen LogP contribution is 2.25. The summed E-state index contributed by atoms with van der Waals surface area (Å²) >= 11 is 11.9. The third kappa shape index (κ3) is 10.3. The molecule has 3 aromatic carbocycles. The van der Waals surface area contributed by atoms with Crippen molar-refractivity contribution in [1.82, 2.24) is 15.3 Å². The Kier molecular flexibility index (Phi) is 14.6. The number of halogens is 2. The number of hydrogen-bond acceptors (Lipinski definition) is 4. The summed E-state index contributed by atoms with van der Waals surface area (Å²) in [4.78, 5) is 31.0. The van der Waals surface area contributed by atoms with Crippen LogP contribution < -0.4 is 10.6 Å². The fourth-order valence-electron chi connectivity index (χ4n) is 4.21. The van der Waals surface area contributed by atoms with Gasteiger partial charge in [0, 0.05) is 28.4 Å². The molecule has 0 aliphatic carbocycles. The third-order valence-corrected chi connectivity index (χ3v) is 7.27. The summed E-state index contributed by atoms with van der Waals surface area (Å²) < 4.78 is 0. The normalized spacial score (nSPS) is 11.2. The van der Waals surface area contributed by atoms with E-state index < -0.39 is 0 Å². The van der Waals surface area contributed by atoms with Crippen molar-refractivity contribution in [1.29, 1.82) is 0 Å². The number of imidazole rings is 1. The van der Waals surface area contributed by atoms with Gasteiger partial charge in [0.2, 0.25) is 0 Å². The topological polar surface area (TPSA) is 86.9 Å². The average molecular weight is 598 g/mol. The number of nitrogens with zero attached hydrogens (tertiary/aromatic N) is 1. The molecule has 1 atom stereocenters. The Labute approximate surface area is 254 Å². The van der Waals surface area contributed by atoms with Crippen molar-refractivity contribution in [3.8, 4) is 11.4 Å². The number of fused-ring (bicyclic) bond motifs is 1. The number of aromatic amines is 1. The number of carbonyl (C=O) groups excluding carboxylic acids is 2. The second-order valence-corrected chi connectivity index (χ2v) is 10.6. The molecule has 8 heteroatoms. The van der Waals surface area contributed by atoms with Crippen LogP contribution in [0.5, 0.6) is 0 Å². The minimum Gasteiger partial charge on any atom is -0.338 e. The lowest BCUT2D eigenvalue weighted by molar-refractivity contribution is 0.102. The molecule has 0 spiro atoms. The van der Waals surface area contributed by atoms with Crippen molar-refractivity contribution in [2.45, 2.75) is 66.3 Å². The first kappa shape index (κ1) is 34.0. The van der Waals surface area contributed by atoms with Crippen LogP contribution in [-0.4, -0.2) is 35.3 Å². The number of amides is 1. The Morgan fingerprint density at radius 3 is 2.27 bits per heavy atom. The van der Waals surface area contributed by atoms with E-state index in [1.807, 2.05) is 32.0 Å². The van der Waals surface area contributed by atoms with Gasteiger partial charge in [-0.1, -0.05) is 101 Å². The lowest BCUT2D eigenvalue weighted by Gasteiger charge is -2.19. The predicted molar refractivity (Wildman–Crippen MR) is 175 cm³/mol. The molecule has 1 amide bonds. The molecule has 6 nitrogen and oxygen atoms in total. The van der Waals surface area contributed by atoms with Crippen LogP contribution in [0.1, 0.15) is 81.0 Å². The van der Waals surface area contributed by atoms with Gasteiger partial charge in [-0.2, -0.15) is 0 Å². The van der Waals surface area contributed by atoms with Gasteiger partial charge in [0.15, 0.2) is 0 Å². The number of rotatable bonds is 10. The van der Waals surface area contributed by atoms with Crippen LogP contribution in [0.15, 0.2) is 60.7 Å². The molecule has 0 aliphatic heterocycles. The number of nitrogens with one attached hydrogen (secondary N) is 3. The molecule has 0 fully saturated rings. The van der Waals surface area contributed by atoms with E-state index >= 15 is 0 Å². The molecular weight excluding hydrogens is 555 g/mol. The van der Waals surface area contributed by atoms with E-state index in [2.05, 4.69) is 48.4 Å². The molecule has 0 saturated heterocycles. The largest absolute Gasteiger partial charge is 0.338 e. The zero-order valence-electron chi connectivity index (χ0n) is 24.9. The Hall–Kier alpha value is -3.19. The fourth-order valence-corrected chi connectivity index (χ4v) is 4.51. The molecule has 4 aromatic rings. The van der Waals surface area contributed by atoms with Gasteiger partial charge in [0.05, 0.1) is 21.1 Å². The molecule has 4 rings (SSSR count). The smallest absolute Gasteiger partial charge is 0.255 e. The van der Waals surface area contributed by atoms with Crippen LogP contribution in [0.3, 0.4) is 0 Å². The first-order chi connectivity index (χ1) is 19.7. The molecule has 1 aromatic heterocycles. The van der Waals surface area contributed by atoms with Gasteiger partial charge in [0.25, 0.3) is 5.91 Å². The lowest BCUT2D eigenvalue weighted by atomic mass is 9.98. The molecule has 1 heterocycles. The van der Waals surface area contributed by atoms with Gasteiger partial charge in [-0.25, -0.2) is 4.98 Å². The van der Waals surface area contributed by atoms with Crippen molar-refractivity contribution >= 4 is 52.1 Å². The zero-order valence-corrected chi connectivity index (χ0v) is 26.4. The van der Waals surface area contributed by atoms with E-state index in [-0.39, 0.29) is 5.91 Å². The van der Waals surface area contributed by atoms with Gasteiger partial charge in [-0.05, 0) is 55.8 Å². The van der Waals surface area contributed by atoms with E-state index in [1.54, 1.807) is 36.4 Å². The first-order valence-electron chi connectivity index (χ1n) is 14.2. The Balaban J connectivity index is 0.000000384. The molecule has 3 N–H and O–H groups in total. The molecule has 220 valence electrons. The third-order valence-electron chi connectivity index (χ3n) is 6.54. The number of aromatic nitrogens is 2. The summed E-state index contributed by atoms with van der Waals surface area (Å²) in [5.41, 5.74) is 4.05. The molecule has 0 bridgehead atoms. The standard InChI is InChI=1S/C21H13Cl2N3O2.C10H23N.C2H6/c22-16-7-5-14(9-17(16)23)21(28)24-15-6-8-18-19(10-15)26-20(25-18)13-3-1-12(11-27)2-4-13;1-5-6-7-8-10(11-4)9(2)3;1-2/h1-11H,(H,24,28)(H,25,26);9-11H,5-8H2,1-4H3;1-2H3. The minimum absolute atomic E-state index is 0.290. The highest BCUT2D eigenvalue weighted by atomic mass is 35.5.